The summed E-state index contributed by atoms with van der Waals surface area (Å²) < 4.78 is 27.3. The van der Waals surface area contributed by atoms with Crippen molar-refractivity contribution < 1.29 is 17.9 Å². The summed E-state index contributed by atoms with van der Waals surface area (Å²) in [5, 5.41) is 2.74. The van der Waals surface area contributed by atoms with Crippen LogP contribution in [0.15, 0.2) is 29.2 Å². The molecular weight excluding hydrogens is 254 g/mol. The van der Waals surface area contributed by atoms with E-state index in [-0.39, 0.29) is 23.5 Å². The van der Waals surface area contributed by atoms with Gasteiger partial charge in [0, 0.05) is 13.4 Å². The molecule has 1 N–H and O–H groups in total. The second kappa shape index (κ2) is 5.97. The first-order valence-electron chi connectivity index (χ1n) is 5.43. The van der Waals surface area contributed by atoms with Crippen LogP contribution in [-0.4, -0.2) is 34.3 Å². The van der Waals surface area contributed by atoms with Gasteiger partial charge in [-0.1, -0.05) is 12.1 Å². The molecular formula is C12H17NO4S. The standard InChI is InChI=1S/C12H17NO4S/c1-9(13-12(14)8-17-2)10-4-6-11(7-5-10)18(3,15)16/h4-7,9H,8H2,1-3H3,(H,13,14)/t9-/m0/s1. The fraction of sp³-hybridized carbons (Fsp3) is 0.417. The second-order valence-electron chi connectivity index (χ2n) is 4.06. The number of methoxy groups -OCH3 is 1. The van der Waals surface area contributed by atoms with Crippen LogP contribution in [0.5, 0.6) is 0 Å². The molecule has 6 heteroatoms. The molecule has 0 radical (unpaired) electrons. The van der Waals surface area contributed by atoms with E-state index in [2.05, 4.69) is 5.32 Å². The molecule has 1 atom stereocenters. The number of rotatable bonds is 5. The van der Waals surface area contributed by atoms with E-state index in [0.717, 1.165) is 11.8 Å². The van der Waals surface area contributed by atoms with Crippen LogP contribution in [0.3, 0.4) is 0 Å². The summed E-state index contributed by atoms with van der Waals surface area (Å²) in [5.41, 5.74) is 0.840. The molecule has 0 saturated heterocycles. The Balaban J connectivity index is 2.76. The molecule has 0 unspecified atom stereocenters. The zero-order chi connectivity index (χ0) is 13.8. The minimum Gasteiger partial charge on any atom is -0.375 e. The smallest absolute Gasteiger partial charge is 0.246 e. The Morgan fingerprint density at radius 3 is 2.33 bits per heavy atom. The van der Waals surface area contributed by atoms with Crippen LogP contribution in [0, 0.1) is 0 Å². The van der Waals surface area contributed by atoms with E-state index in [1.807, 2.05) is 6.92 Å². The summed E-state index contributed by atoms with van der Waals surface area (Å²) in [6.07, 6.45) is 1.16. The zero-order valence-electron chi connectivity index (χ0n) is 10.6. The van der Waals surface area contributed by atoms with Crippen molar-refractivity contribution in [3.05, 3.63) is 29.8 Å². The van der Waals surface area contributed by atoms with E-state index in [4.69, 9.17) is 4.74 Å². The van der Waals surface area contributed by atoms with Crippen LogP contribution in [0.1, 0.15) is 18.5 Å². The summed E-state index contributed by atoms with van der Waals surface area (Å²) in [6.45, 7) is 1.83. The number of benzene rings is 1. The van der Waals surface area contributed by atoms with Crippen molar-refractivity contribution in [3.8, 4) is 0 Å². The van der Waals surface area contributed by atoms with Gasteiger partial charge in [0.05, 0.1) is 10.9 Å². The minimum absolute atomic E-state index is 0.00572. The van der Waals surface area contributed by atoms with Crippen LogP contribution in [-0.2, 0) is 19.4 Å². The summed E-state index contributed by atoms with van der Waals surface area (Å²) in [4.78, 5) is 11.6. The number of carbonyl (C=O) groups excluding carboxylic acids is 1. The van der Waals surface area contributed by atoms with Gasteiger partial charge in [-0.25, -0.2) is 8.42 Å². The maximum Gasteiger partial charge on any atom is 0.246 e. The van der Waals surface area contributed by atoms with Gasteiger partial charge < -0.3 is 10.1 Å². The molecule has 1 aromatic rings. The third kappa shape index (κ3) is 4.12. The van der Waals surface area contributed by atoms with Gasteiger partial charge in [0.2, 0.25) is 5.91 Å². The lowest BCUT2D eigenvalue weighted by Gasteiger charge is -2.14. The molecule has 1 amide bonds. The molecule has 0 aromatic heterocycles. The quantitative estimate of drug-likeness (QED) is 0.864. The average molecular weight is 271 g/mol. The lowest BCUT2D eigenvalue weighted by Crippen LogP contribution is -2.29. The van der Waals surface area contributed by atoms with E-state index in [0.29, 0.717) is 0 Å². The average Bonchev–Trinajstić information content (AvgIpc) is 2.28. The van der Waals surface area contributed by atoms with Gasteiger partial charge >= 0.3 is 0 Å². The summed E-state index contributed by atoms with van der Waals surface area (Å²) in [7, 11) is -1.73. The minimum atomic E-state index is -3.18. The lowest BCUT2D eigenvalue weighted by molar-refractivity contribution is -0.125. The Hall–Kier alpha value is -1.40. The summed E-state index contributed by atoms with van der Waals surface area (Å²) >= 11 is 0. The van der Waals surface area contributed by atoms with Gasteiger partial charge in [-0.2, -0.15) is 0 Å². The Bertz CT molecular complexity index is 507. The molecule has 100 valence electrons. The SMILES string of the molecule is COCC(=O)N[C@@H](C)c1ccc(S(C)(=O)=O)cc1. The van der Waals surface area contributed by atoms with Gasteiger partial charge in [0.25, 0.3) is 0 Å². The van der Waals surface area contributed by atoms with E-state index >= 15 is 0 Å². The first-order chi connectivity index (χ1) is 8.34. The highest BCUT2D eigenvalue weighted by atomic mass is 32.2. The van der Waals surface area contributed by atoms with Gasteiger partial charge in [-0.15, -0.1) is 0 Å². The van der Waals surface area contributed by atoms with E-state index < -0.39 is 9.84 Å². The van der Waals surface area contributed by atoms with Crippen molar-refractivity contribution in [1.82, 2.24) is 5.32 Å². The van der Waals surface area contributed by atoms with Crippen LogP contribution >= 0.6 is 0 Å². The Labute approximate surface area is 107 Å². The summed E-state index contributed by atoms with van der Waals surface area (Å²) in [5.74, 6) is -0.211. The van der Waals surface area contributed by atoms with Gasteiger partial charge in [0.1, 0.15) is 6.61 Å². The predicted molar refractivity (Wildman–Crippen MR) is 68.0 cm³/mol. The third-order valence-corrected chi connectivity index (χ3v) is 3.59. The Morgan fingerprint density at radius 1 is 1.33 bits per heavy atom. The second-order valence-corrected chi connectivity index (χ2v) is 6.08. The van der Waals surface area contributed by atoms with E-state index in [1.54, 1.807) is 12.1 Å². The maximum absolute atomic E-state index is 11.3. The number of hydrogen-bond acceptors (Lipinski definition) is 4. The number of amides is 1. The van der Waals surface area contributed by atoms with Gasteiger partial charge in [-0.3, -0.25) is 4.79 Å². The molecule has 0 saturated carbocycles. The molecule has 5 nitrogen and oxygen atoms in total. The number of hydrogen-bond donors (Lipinski definition) is 1. The molecule has 0 aliphatic carbocycles. The predicted octanol–water partition coefficient (Wildman–Crippen LogP) is 0.914. The number of carbonyl (C=O) groups is 1. The number of sulfone groups is 1. The highest BCUT2D eigenvalue weighted by Crippen LogP contribution is 2.16. The first-order valence-corrected chi connectivity index (χ1v) is 7.32. The van der Waals surface area contributed by atoms with Crippen LogP contribution in [0.4, 0.5) is 0 Å². The van der Waals surface area contributed by atoms with Crippen molar-refractivity contribution in [1.29, 1.82) is 0 Å². The molecule has 0 spiro atoms. The fourth-order valence-corrected chi connectivity index (χ4v) is 2.13. The van der Waals surface area contributed by atoms with Crippen molar-refractivity contribution in [2.75, 3.05) is 20.0 Å². The molecule has 0 heterocycles. The number of nitrogens with one attached hydrogen (secondary N) is 1. The largest absolute Gasteiger partial charge is 0.375 e. The molecule has 18 heavy (non-hydrogen) atoms. The number of ether oxygens (including phenoxy) is 1. The third-order valence-electron chi connectivity index (χ3n) is 2.46. The van der Waals surface area contributed by atoms with E-state index in [1.165, 1.54) is 19.2 Å². The van der Waals surface area contributed by atoms with Crippen molar-refractivity contribution in [2.24, 2.45) is 0 Å². The van der Waals surface area contributed by atoms with Crippen LogP contribution in [0.2, 0.25) is 0 Å². The van der Waals surface area contributed by atoms with Crippen molar-refractivity contribution in [2.45, 2.75) is 17.9 Å². The van der Waals surface area contributed by atoms with Crippen LogP contribution in [0.25, 0.3) is 0 Å². The van der Waals surface area contributed by atoms with Crippen LogP contribution < -0.4 is 5.32 Å². The van der Waals surface area contributed by atoms with Gasteiger partial charge in [-0.05, 0) is 24.6 Å². The molecule has 1 aromatic carbocycles. The zero-order valence-corrected chi connectivity index (χ0v) is 11.5. The molecule has 0 aliphatic rings. The van der Waals surface area contributed by atoms with Gasteiger partial charge in [0.15, 0.2) is 9.84 Å². The van der Waals surface area contributed by atoms with E-state index in [9.17, 15) is 13.2 Å². The topological polar surface area (TPSA) is 72.5 Å². The fourth-order valence-electron chi connectivity index (χ4n) is 1.50. The molecule has 1 rings (SSSR count). The highest BCUT2D eigenvalue weighted by molar-refractivity contribution is 7.90. The highest BCUT2D eigenvalue weighted by Gasteiger charge is 2.11. The Kier molecular flexibility index (Phi) is 4.86. The monoisotopic (exact) mass is 271 g/mol. The summed E-state index contributed by atoms with van der Waals surface area (Å²) in [6, 6.07) is 6.25. The first kappa shape index (κ1) is 14.7. The molecule has 0 aliphatic heterocycles. The Morgan fingerprint density at radius 2 is 1.89 bits per heavy atom. The maximum atomic E-state index is 11.3. The van der Waals surface area contributed by atoms with Crippen molar-refractivity contribution in [3.63, 3.8) is 0 Å². The normalized spacial score (nSPS) is 13.1. The van der Waals surface area contributed by atoms with Crippen molar-refractivity contribution >= 4 is 15.7 Å². The lowest BCUT2D eigenvalue weighted by atomic mass is 10.1. The molecule has 0 bridgehead atoms. The molecule has 0 fully saturated rings.